The van der Waals surface area contributed by atoms with Gasteiger partial charge in [-0.15, -0.1) is 0 Å². The first-order valence-corrected chi connectivity index (χ1v) is 7.90. The number of anilines is 1. The molecule has 2 fully saturated rings. The van der Waals surface area contributed by atoms with E-state index in [1.54, 1.807) is 9.80 Å². The molecule has 2 aliphatic rings. The number of amides is 2. The van der Waals surface area contributed by atoms with Gasteiger partial charge in [0, 0.05) is 12.2 Å². The summed E-state index contributed by atoms with van der Waals surface area (Å²) < 4.78 is 0. The van der Waals surface area contributed by atoms with Crippen LogP contribution in [0.4, 0.5) is 5.69 Å². The van der Waals surface area contributed by atoms with Gasteiger partial charge in [-0.05, 0) is 37.3 Å². The Morgan fingerprint density at radius 2 is 1.90 bits per heavy atom. The lowest BCUT2D eigenvalue weighted by molar-refractivity contribution is -0.144. The molecule has 0 N–H and O–H groups in total. The highest BCUT2D eigenvalue weighted by Gasteiger charge is 2.47. The third-order valence-electron chi connectivity index (χ3n) is 4.67. The molecule has 1 aromatic rings. The molecule has 0 bridgehead atoms. The molecule has 0 saturated carbocycles. The van der Waals surface area contributed by atoms with Gasteiger partial charge in [-0.2, -0.15) is 0 Å². The zero-order chi connectivity index (χ0) is 15.0. The van der Waals surface area contributed by atoms with E-state index in [0.29, 0.717) is 6.42 Å². The lowest BCUT2D eigenvalue weighted by Crippen LogP contribution is -2.63. The van der Waals surface area contributed by atoms with Crippen molar-refractivity contribution in [3.8, 4) is 0 Å². The molecule has 3 rings (SSSR count). The Balaban J connectivity index is 2.06. The molecule has 4 heteroatoms. The van der Waals surface area contributed by atoms with E-state index in [9.17, 15) is 9.59 Å². The summed E-state index contributed by atoms with van der Waals surface area (Å²) in [5, 5.41) is 0. The second-order valence-electron chi connectivity index (χ2n) is 5.80. The average molecular weight is 286 g/mol. The highest BCUT2D eigenvalue weighted by Crippen LogP contribution is 2.33. The summed E-state index contributed by atoms with van der Waals surface area (Å²) in [6.07, 6.45) is 3.25. The van der Waals surface area contributed by atoms with Gasteiger partial charge in [0.05, 0.1) is 0 Å². The lowest BCUT2D eigenvalue weighted by atomic mass is 9.99. The second-order valence-corrected chi connectivity index (χ2v) is 5.80. The predicted octanol–water partition coefficient (Wildman–Crippen LogP) is 2.37. The maximum Gasteiger partial charge on any atom is 0.250 e. The highest BCUT2D eigenvalue weighted by atomic mass is 16.2. The van der Waals surface area contributed by atoms with Crippen LogP contribution in [0.15, 0.2) is 24.3 Å². The van der Waals surface area contributed by atoms with Gasteiger partial charge in [-0.25, -0.2) is 0 Å². The van der Waals surface area contributed by atoms with Crippen LogP contribution in [-0.4, -0.2) is 35.3 Å². The van der Waals surface area contributed by atoms with Gasteiger partial charge in [0.2, 0.25) is 5.91 Å². The van der Waals surface area contributed by atoms with Crippen LogP contribution in [0.1, 0.15) is 38.7 Å². The number of para-hydroxylation sites is 1. The number of piperazine rings is 1. The zero-order valence-electron chi connectivity index (χ0n) is 12.7. The Labute approximate surface area is 125 Å². The van der Waals surface area contributed by atoms with E-state index >= 15 is 0 Å². The van der Waals surface area contributed by atoms with E-state index in [4.69, 9.17) is 0 Å². The van der Waals surface area contributed by atoms with E-state index in [0.717, 1.165) is 37.1 Å². The summed E-state index contributed by atoms with van der Waals surface area (Å²) in [6.45, 7) is 4.79. The van der Waals surface area contributed by atoms with Gasteiger partial charge in [-0.1, -0.05) is 32.0 Å². The van der Waals surface area contributed by atoms with Crippen molar-refractivity contribution in [2.45, 2.75) is 51.6 Å². The van der Waals surface area contributed by atoms with Crippen molar-refractivity contribution >= 4 is 17.5 Å². The smallest absolute Gasteiger partial charge is 0.250 e. The predicted molar refractivity (Wildman–Crippen MR) is 82.1 cm³/mol. The lowest BCUT2D eigenvalue weighted by Gasteiger charge is -2.42. The number of benzene rings is 1. The largest absolute Gasteiger partial charge is 0.329 e. The topological polar surface area (TPSA) is 40.6 Å². The summed E-state index contributed by atoms with van der Waals surface area (Å²) >= 11 is 0. The molecule has 21 heavy (non-hydrogen) atoms. The van der Waals surface area contributed by atoms with Gasteiger partial charge in [0.1, 0.15) is 12.1 Å². The van der Waals surface area contributed by atoms with Crippen molar-refractivity contribution in [1.82, 2.24) is 4.90 Å². The van der Waals surface area contributed by atoms with Gasteiger partial charge in [0.25, 0.3) is 5.91 Å². The summed E-state index contributed by atoms with van der Waals surface area (Å²) in [5.74, 6) is 0.213. The van der Waals surface area contributed by atoms with Gasteiger partial charge in [-0.3, -0.25) is 14.5 Å². The number of carbonyl (C=O) groups excluding carboxylic acids is 2. The van der Waals surface area contributed by atoms with Crippen LogP contribution in [0, 0.1) is 0 Å². The molecule has 0 aromatic heterocycles. The Bertz CT molecular complexity index is 570. The molecular weight excluding hydrogens is 264 g/mol. The molecule has 0 radical (unpaired) electrons. The first-order valence-electron chi connectivity index (χ1n) is 7.90. The fourth-order valence-electron chi connectivity index (χ4n) is 3.59. The first kappa shape index (κ1) is 14.1. The number of aryl methyl sites for hydroxylation is 1. The van der Waals surface area contributed by atoms with Crippen molar-refractivity contribution in [3.05, 3.63) is 29.8 Å². The van der Waals surface area contributed by atoms with Crippen molar-refractivity contribution < 1.29 is 9.59 Å². The van der Waals surface area contributed by atoms with Crippen LogP contribution in [0.5, 0.6) is 0 Å². The van der Waals surface area contributed by atoms with Crippen molar-refractivity contribution in [3.63, 3.8) is 0 Å². The molecule has 1 aromatic carbocycles. The van der Waals surface area contributed by atoms with E-state index < -0.39 is 0 Å². The van der Waals surface area contributed by atoms with Crippen LogP contribution in [0.3, 0.4) is 0 Å². The molecule has 2 unspecified atom stereocenters. The zero-order valence-corrected chi connectivity index (χ0v) is 12.7. The molecule has 2 atom stereocenters. The Morgan fingerprint density at radius 3 is 2.62 bits per heavy atom. The van der Waals surface area contributed by atoms with Crippen LogP contribution < -0.4 is 4.90 Å². The number of hydrogen-bond acceptors (Lipinski definition) is 2. The molecule has 2 saturated heterocycles. The van der Waals surface area contributed by atoms with Crippen molar-refractivity contribution in [1.29, 1.82) is 0 Å². The number of rotatable bonds is 3. The van der Waals surface area contributed by atoms with Gasteiger partial charge >= 0.3 is 0 Å². The summed E-state index contributed by atoms with van der Waals surface area (Å²) in [6, 6.07) is 7.35. The van der Waals surface area contributed by atoms with Crippen LogP contribution in [-0.2, 0) is 16.0 Å². The summed E-state index contributed by atoms with van der Waals surface area (Å²) in [5.41, 5.74) is 2.04. The Morgan fingerprint density at radius 1 is 1.14 bits per heavy atom. The van der Waals surface area contributed by atoms with Gasteiger partial charge in [0.15, 0.2) is 0 Å². The molecule has 0 spiro atoms. The third kappa shape index (κ3) is 2.13. The quantitative estimate of drug-likeness (QED) is 0.856. The molecule has 112 valence electrons. The second kappa shape index (κ2) is 5.51. The fraction of sp³-hybridized carbons (Fsp3) is 0.529. The average Bonchev–Trinajstić information content (AvgIpc) is 3.00. The number of carbonyl (C=O) groups is 2. The van der Waals surface area contributed by atoms with E-state index in [2.05, 4.69) is 6.92 Å². The minimum atomic E-state index is -0.348. The number of hydrogen-bond donors (Lipinski definition) is 0. The van der Waals surface area contributed by atoms with Crippen molar-refractivity contribution in [2.24, 2.45) is 0 Å². The Kier molecular flexibility index (Phi) is 3.70. The van der Waals surface area contributed by atoms with Crippen LogP contribution >= 0.6 is 0 Å². The monoisotopic (exact) mass is 286 g/mol. The van der Waals surface area contributed by atoms with E-state index in [-0.39, 0.29) is 23.9 Å². The summed E-state index contributed by atoms with van der Waals surface area (Å²) in [4.78, 5) is 29.2. The maximum absolute atomic E-state index is 12.9. The van der Waals surface area contributed by atoms with Gasteiger partial charge < -0.3 is 4.90 Å². The maximum atomic E-state index is 12.9. The van der Waals surface area contributed by atoms with E-state index in [1.807, 2.05) is 31.2 Å². The Hall–Kier alpha value is -1.84. The molecule has 4 nitrogen and oxygen atoms in total. The molecule has 2 amide bonds. The van der Waals surface area contributed by atoms with E-state index in [1.165, 1.54) is 0 Å². The number of fused-ring (bicyclic) bond motifs is 1. The molecule has 2 heterocycles. The minimum absolute atomic E-state index is 0.0971. The SMILES string of the molecule is CCc1ccccc1N1C(=O)C2CCCN2C(=O)C1CC. The van der Waals surface area contributed by atoms with Crippen molar-refractivity contribution in [2.75, 3.05) is 11.4 Å². The molecule has 2 aliphatic heterocycles. The standard InChI is InChI=1S/C17H22N2O2/c1-3-12-8-5-6-9-14(12)19-13(4-2)16(20)18-11-7-10-15(18)17(19)21/h5-6,8-9,13,15H,3-4,7,10-11H2,1-2H3. The third-order valence-corrected chi connectivity index (χ3v) is 4.67. The van der Waals surface area contributed by atoms with Crippen LogP contribution in [0.25, 0.3) is 0 Å². The summed E-state index contributed by atoms with van der Waals surface area (Å²) in [7, 11) is 0. The highest BCUT2D eigenvalue weighted by molar-refractivity contribution is 6.09. The number of nitrogens with zero attached hydrogens (tertiary/aromatic N) is 2. The van der Waals surface area contributed by atoms with Crippen LogP contribution in [0.2, 0.25) is 0 Å². The normalized spacial score (nSPS) is 25.4. The molecule has 0 aliphatic carbocycles. The fourth-order valence-corrected chi connectivity index (χ4v) is 3.59. The molecular formula is C17H22N2O2. The first-order chi connectivity index (χ1) is 10.2. The minimum Gasteiger partial charge on any atom is -0.329 e.